The van der Waals surface area contributed by atoms with Crippen LogP contribution >= 0.6 is 31.9 Å². The van der Waals surface area contributed by atoms with E-state index in [4.69, 9.17) is 0 Å². The van der Waals surface area contributed by atoms with Gasteiger partial charge in [0.05, 0.1) is 12.2 Å². The summed E-state index contributed by atoms with van der Waals surface area (Å²) in [5, 5.41) is 5.03. The first-order chi connectivity index (χ1) is 8.20. The summed E-state index contributed by atoms with van der Waals surface area (Å²) >= 11 is 6.69. The molecule has 0 unspecified atom stereocenters. The van der Waals surface area contributed by atoms with Gasteiger partial charge < -0.3 is 0 Å². The zero-order valence-electron chi connectivity index (χ0n) is 8.94. The Balaban J connectivity index is 2.42. The fourth-order valence-corrected chi connectivity index (χ4v) is 2.06. The van der Waals surface area contributed by atoms with Gasteiger partial charge in [0.2, 0.25) is 0 Å². The van der Waals surface area contributed by atoms with Crippen LogP contribution in [-0.2, 0) is 6.54 Å². The summed E-state index contributed by atoms with van der Waals surface area (Å²) in [5.74, 6) is 0. The molecule has 0 aliphatic heterocycles. The predicted molar refractivity (Wildman–Crippen MR) is 75.4 cm³/mol. The van der Waals surface area contributed by atoms with Gasteiger partial charge in [-0.05, 0) is 18.2 Å². The van der Waals surface area contributed by atoms with Crippen LogP contribution < -0.4 is 5.56 Å². The van der Waals surface area contributed by atoms with Crippen LogP contribution in [0.1, 0.15) is 0 Å². The highest BCUT2D eigenvalue weighted by Gasteiger charge is 2.02. The molecular formula is C12H10Br2N2O. The standard InChI is InChI=1S/C12H10Br2N2O/c13-7-8-16-12(17)6-5-11(15-16)9-1-3-10(14)4-2-9/h1-6H,7-8H2. The number of hydrogen-bond acceptors (Lipinski definition) is 2. The molecule has 2 aromatic rings. The summed E-state index contributed by atoms with van der Waals surface area (Å²) in [6, 6.07) is 11.1. The Hall–Kier alpha value is -0.940. The van der Waals surface area contributed by atoms with Crippen LogP contribution in [0.25, 0.3) is 11.3 Å². The molecular weight excluding hydrogens is 348 g/mol. The van der Waals surface area contributed by atoms with Crippen molar-refractivity contribution >= 4 is 31.9 Å². The van der Waals surface area contributed by atoms with E-state index in [9.17, 15) is 4.79 Å². The molecule has 0 bridgehead atoms. The number of aryl methyl sites for hydroxylation is 1. The summed E-state index contributed by atoms with van der Waals surface area (Å²) < 4.78 is 2.49. The minimum Gasteiger partial charge on any atom is -0.268 e. The largest absolute Gasteiger partial charge is 0.268 e. The van der Waals surface area contributed by atoms with Crippen molar-refractivity contribution in [3.8, 4) is 11.3 Å². The average molecular weight is 358 g/mol. The lowest BCUT2D eigenvalue weighted by molar-refractivity contribution is 0.627. The van der Waals surface area contributed by atoms with E-state index in [0.29, 0.717) is 11.9 Å². The molecule has 0 N–H and O–H groups in total. The van der Waals surface area contributed by atoms with Crippen LogP contribution in [0, 0.1) is 0 Å². The van der Waals surface area contributed by atoms with Gasteiger partial charge in [0.25, 0.3) is 5.56 Å². The number of halogens is 2. The smallest absolute Gasteiger partial charge is 0.266 e. The van der Waals surface area contributed by atoms with Gasteiger partial charge in [-0.25, -0.2) is 4.68 Å². The highest BCUT2D eigenvalue weighted by molar-refractivity contribution is 9.10. The Labute approximate surface area is 116 Å². The molecule has 0 fully saturated rings. The molecule has 1 aromatic heterocycles. The first-order valence-electron chi connectivity index (χ1n) is 5.11. The average Bonchev–Trinajstić information content (AvgIpc) is 2.33. The maximum atomic E-state index is 11.5. The van der Waals surface area contributed by atoms with Crippen molar-refractivity contribution < 1.29 is 0 Å². The van der Waals surface area contributed by atoms with E-state index in [2.05, 4.69) is 37.0 Å². The van der Waals surface area contributed by atoms with Crippen LogP contribution in [0.5, 0.6) is 0 Å². The Morgan fingerprint density at radius 1 is 1.12 bits per heavy atom. The summed E-state index contributed by atoms with van der Waals surface area (Å²) in [6.45, 7) is 0.573. The maximum absolute atomic E-state index is 11.5. The van der Waals surface area contributed by atoms with Gasteiger partial charge >= 0.3 is 0 Å². The molecule has 0 aliphatic carbocycles. The van der Waals surface area contributed by atoms with E-state index >= 15 is 0 Å². The lowest BCUT2D eigenvalue weighted by Gasteiger charge is -2.05. The molecule has 0 spiro atoms. The van der Waals surface area contributed by atoms with E-state index in [1.165, 1.54) is 4.68 Å². The number of alkyl halides is 1. The third-order valence-electron chi connectivity index (χ3n) is 2.30. The molecule has 0 saturated carbocycles. The van der Waals surface area contributed by atoms with Gasteiger partial charge in [0.1, 0.15) is 0 Å². The molecule has 2 rings (SSSR count). The van der Waals surface area contributed by atoms with Crippen molar-refractivity contribution in [2.75, 3.05) is 5.33 Å². The quantitative estimate of drug-likeness (QED) is 0.791. The Morgan fingerprint density at radius 2 is 1.82 bits per heavy atom. The Kier molecular flexibility index (Phi) is 4.12. The number of benzene rings is 1. The van der Waals surface area contributed by atoms with E-state index in [1.54, 1.807) is 12.1 Å². The SMILES string of the molecule is O=c1ccc(-c2ccc(Br)cc2)nn1CCBr. The van der Waals surface area contributed by atoms with Gasteiger partial charge in [0.15, 0.2) is 0 Å². The van der Waals surface area contributed by atoms with Crippen molar-refractivity contribution in [3.63, 3.8) is 0 Å². The van der Waals surface area contributed by atoms with E-state index < -0.39 is 0 Å². The molecule has 5 heteroatoms. The third kappa shape index (κ3) is 3.04. The Bertz CT molecular complexity index is 563. The summed E-state index contributed by atoms with van der Waals surface area (Å²) in [7, 11) is 0. The maximum Gasteiger partial charge on any atom is 0.266 e. The zero-order chi connectivity index (χ0) is 12.3. The molecule has 0 atom stereocenters. The summed E-state index contributed by atoms with van der Waals surface area (Å²) in [4.78, 5) is 11.5. The van der Waals surface area contributed by atoms with Crippen molar-refractivity contribution in [2.24, 2.45) is 0 Å². The zero-order valence-corrected chi connectivity index (χ0v) is 12.1. The van der Waals surface area contributed by atoms with E-state index in [-0.39, 0.29) is 5.56 Å². The third-order valence-corrected chi connectivity index (χ3v) is 3.19. The van der Waals surface area contributed by atoms with Crippen molar-refractivity contribution in [2.45, 2.75) is 6.54 Å². The van der Waals surface area contributed by atoms with Gasteiger partial charge in [-0.1, -0.05) is 44.0 Å². The number of hydrogen-bond donors (Lipinski definition) is 0. The van der Waals surface area contributed by atoms with Gasteiger partial charge in [0, 0.05) is 21.4 Å². The summed E-state index contributed by atoms with van der Waals surface area (Å²) in [6.07, 6.45) is 0. The van der Waals surface area contributed by atoms with Crippen LogP contribution in [0.15, 0.2) is 45.7 Å². The van der Waals surface area contributed by atoms with Crippen molar-refractivity contribution in [1.29, 1.82) is 0 Å². The predicted octanol–water partition coefficient (Wildman–Crippen LogP) is 3.07. The number of rotatable bonds is 3. The molecule has 0 radical (unpaired) electrons. The highest BCUT2D eigenvalue weighted by Crippen LogP contribution is 2.18. The van der Waals surface area contributed by atoms with Crippen molar-refractivity contribution in [3.05, 3.63) is 51.2 Å². The van der Waals surface area contributed by atoms with Gasteiger partial charge in [-0.2, -0.15) is 5.10 Å². The fourth-order valence-electron chi connectivity index (χ4n) is 1.46. The second-order valence-corrected chi connectivity index (χ2v) is 5.18. The molecule has 3 nitrogen and oxygen atoms in total. The second-order valence-electron chi connectivity index (χ2n) is 3.48. The fraction of sp³-hybridized carbons (Fsp3) is 0.167. The van der Waals surface area contributed by atoms with E-state index in [0.717, 1.165) is 15.7 Å². The van der Waals surface area contributed by atoms with Gasteiger partial charge in [-0.3, -0.25) is 4.79 Å². The molecule has 0 amide bonds. The lowest BCUT2D eigenvalue weighted by atomic mass is 10.1. The molecule has 0 saturated heterocycles. The monoisotopic (exact) mass is 356 g/mol. The molecule has 17 heavy (non-hydrogen) atoms. The lowest BCUT2D eigenvalue weighted by Crippen LogP contribution is -2.22. The van der Waals surface area contributed by atoms with Crippen molar-refractivity contribution in [1.82, 2.24) is 9.78 Å². The molecule has 0 aliphatic rings. The minimum absolute atomic E-state index is 0.0784. The molecule has 1 aromatic carbocycles. The topological polar surface area (TPSA) is 34.9 Å². The first-order valence-corrected chi connectivity index (χ1v) is 7.02. The van der Waals surface area contributed by atoms with Gasteiger partial charge in [-0.15, -0.1) is 0 Å². The normalized spacial score (nSPS) is 10.5. The summed E-state index contributed by atoms with van der Waals surface area (Å²) in [5.41, 5.74) is 1.72. The van der Waals surface area contributed by atoms with Crippen LogP contribution in [-0.4, -0.2) is 15.1 Å². The second kappa shape index (κ2) is 5.60. The molecule has 1 heterocycles. The first kappa shape index (κ1) is 12.5. The minimum atomic E-state index is -0.0784. The number of aromatic nitrogens is 2. The number of nitrogens with zero attached hydrogens (tertiary/aromatic N) is 2. The molecule has 88 valence electrons. The van der Waals surface area contributed by atoms with Crippen LogP contribution in [0.3, 0.4) is 0 Å². The Morgan fingerprint density at radius 3 is 2.47 bits per heavy atom. The van der Waals surface area contributed by atoms with E-state index in [1.807, 2.05) is 24.3 Å². The highest BCUT2D eigenvalue weighted by atomic mass is 79.9. The van der Waals surface area contributed by atoms with Crippen LogP contribution in [0.4, 0.5) is 0 Å². The van der Waals surface area contributed by atoms with Crippen LogP contribution in [0.2, 0.25) is 0 Å².